The van der Waals surface area contributed by atoms with Crippen LogP contribution in [0, 0.1) is 6.92 Å². The van der Waals surface area contributed by atoms with Gasteiger partial charge in [0.05, 0.1) is 5.56 Å². The number of nitrogens with one attached hydrogen (secondary N) is 1. The Hall–Kier alpha value is -2.48. The van der Waals surface area contributed by atoms with Crippen LogP contribution in [0.25, 0.3) is 11.1 Å². The zero-order chi connectivity index (χ0) is 14.3. The van der Waals surface area contributed by atoms with Crippen LogP contribution in [0.15, 0.2) is 27.1 Å². The van der Waals surface area contributed by atoms with Gasteiger partial charge in [-0.3, -0.25) is 14.9 Å². The second-order valence-electron chi connectivity index (χ2n) is 4.17. The molecule has 102 valence electrons. The molecular weight excluding hydrogens is 280 g/mol. The molecule has 1 amide bonds. The van der Waals surface area contributed by atoms with Crippen molar-refractivity contribution in [2.45, 2.75) is 6.92 Å². The minimum atomic E-state index is -0.429. The van der Waals surface area contributed by atoms with Crippen molar-refractivity contribution in [2.24, 2.45) is 7.05 Å². The minimum Gasteiger partial charge on any atom is -0.442 e. The molecule has 0 fully saturated rings. The highest BCUT2D eigenvalue weighted by atomic mass is 32.1. The molecule has 0 saturated carbocycles. The van der Waals surface area contributed by atoms with Crippen molar-refractivity contribution in [3.8, 4) is 0 Å². The fourth-order valence-corrected chi connectivity index (χ4v) is 2.43. The Bertz CT molecular complexity index is 848. The lowest BCUT2D eigenvalue weighted by atomic mass is 10.2. The van der Waals surface area contributed by atoms with Crippen molar-refractivity contribution in [3.05, 3.63) is 39.6 Å². The molecule has 1 N–H and O–H groups in total. The molecule has 0 bridgehead atoms. The predicted octanol–water partition coefficient (Wildman–Crippen LogP) is 1.54. The van der Waals surface area contributed by atoms with E-state index in [1.165, 1.54) is 22.2 Å². The number of anilines is 1. The van der Waals surface area contributed by atoms with Crippen LogP contribution in [0.1, 0.15) is 16.1 Å². The summed E-state index contributed by atoms with van der Waals surface area (Å²) in [7, 11) is 1.57. The third-order valence-corrected chi connectivity index (χ3v) is 3.52. The number of hydrogen-bond donors (Lipinski definition) is 1. The Morgan fingerprint density at radius 1 is 1.45 bits per heavy atom. The van der Waals surface area contributed by atoms with Crippen LogP contribution in [0.5, 0.6) is 0 Å². The van der Waals surface area contributed by atoms with E-state index in [1.807, 2.05) is 0 Å². The van der Waals surface area contributed by atoms with Gasteiger partial charge in [0.1, 0.15) is 17.5 Å². The van der Waals surface area contributed by atoms with Crippen molar-refractivity contribution in [2.75, 3.05) is 5.32 Å². The normalized spacial score (nSPS) is 10.9. The van der Waals surface area contributed by atoms with Gasteiger partial charge in [-0.2, -0.15) is 0 Å². The molecule has 20 heavy (non-hydrogen) atoms. The van der Waals surface area contributed by atoms with Crippen LogP contribution in [0.2, 0.25) is 0 Å². The molecular formula is C12H10N4O3S. The van der Waals surface area contributed by atoms with E-state index in [4.69, 9.17) is 4.42 Å². The summed E-state index contributed by atoms with van der Waals surface area (Å²) in [6.45, 7) is 1.62. The molecule has 0 spiro atoms. The van der Waals surface area contributed by atoms with Gasteiger partial charge in [0, 0.05) is 18.6 Å². The lowest BCUT2D eigenvalue weighted by Crippen LogP contribution is -2.20. The molecule has 0 unspecified atom stereocenters. The van der Waals surface area contributed by atoms with Crippen LogP contribution in [0.4, 0.5) is 5.13 Å². The smallest absolute Gasteiger partial charge is 0.265 e. The minimum absolute atomic E-state index is 0.162. The fraction of sp³-hybridized carbons (Fsp3) is 0.167. The van der Waals surface area contributed by atoms with Gasteiger partial charge in [-0.1, -0.05) is 0 Å². The number of carbonyl (C=O) groups excluding carboxylic acids is 1. The second kappa shape index (κ2) is 4.57. The van der Waals surface area contributed by atoms with Crippen molar-refractivity contribution < 1.29 is 9.21 Å². The van der Waals surface area contributed by atoms with E-state index in [1.54, 1.807) is 25.5 Å². The first-order valence-corrected chi connectivity index (χ1v) is 6.61. The molecule has 0 aliphatic rings. The first kappa shape index (κ1) is 12.5. The van der Waals surface area contributed by atoms with Gasteiger partial charge in [-0.05, 0) is 6.92 Å². The fourth-order valence-electron chi connectivity index (χ4n) is 1.91. The molecule has 3 heterocycles. The largest absolute Gasteiger partial charge is 0.442 e. The lowest BCUT2D eigenvalue weighted by molar-refractivity contribution is 0.102. The van der Waals surface area contributed by atoms with E-state index in [0.29, 0.717) is 10.9 Å². The summed E-state index contributed by atoms with van der Waals surface area (Å²) in [6.07, 6.45) is 2.94. The number of carbonyl (C=O) groups is 1. The second-order valence-corrected chi connectivity index (χ2v) is 5.06. The van der Waals surface area contributed by atoms with Crippen LogP contribution >= 0.6 is 11.3 Å². The average molecular weight is 290 g/mol. The summed E-state index contributed by atoms with van der Waals surface area (Å²) in [5.74, 6) is -0.0776. The Morgan fingerprint density at radius 2 is 2.25 bits per heavy atom. The van der Waals surface area contributed by atoms with E-state index in [-0.39, 0.29) is 22.2 Å². The van der Waals surface area contributed by atoms with Crippen LogP contribution in [0.3, 0.4) is 0 Å². The number of amides is 1. The number of thiazole rings is 1. The number of fused-ring (bicyclic) bond motifs is 1. The van der Waals surface area contributed by atoms with E-state index in [9.17, 15) is 9.59 Å². The Balaban J connectivity index is 2.15. The first-order valence-electron chi connectivity index (χ1n) is 5.73. The highest BCUT2D eigenvalue weighted by molar-refractivity contribution is 7.13. The number of aryl methyl sites for hydroxylation is 2. The maximum atomic E-state index is 12.3. The van der Waals surface area contributed by atoms with Gasteiger partial charge in [0.15, 0.2) is 5.13 Å². The van der Waals surface area contributed by atoms with Crippen LogP contribution in [-0.2, 0) is 7.05 Å². The van der Waals surface area contributed by atoms with Gasteiger partial charge < -0.3 is 8.98 Å². The van der Waals surface area contributed by atoms with E-state index in [2.05, 4.69) is 15.3 Å². The molecule has 0 radical (unpaired) electrons. The zero-order valence-electron chi connectivity index (χ0n) is 10.7. The number of aromatic nitrogens is 3. The predicted molar refractivity (Wildman–Crippen MR) is 74.1 cm³/mol. The number of furan rings is 1. The standard InChI is InChI=1S/C12H10N4O3S/c1-6-7(9(17)15-12-13-3-4-20-12)8-10(19-6)14-5-16(2)11(8)18/h3-5H,1-2H3,(H,13,15,17). The van der Waals surface area contributed by atoms with Crippen molar-refractivity contribution in [1.29, 1.82) is 0 Å². The van der Waals surface area contributed by atoms with Crippen molar-refractivity contribution >= 4 is 33.5 Å². The Labute approximate surface area is 116 Å². The summed E-state index contributed by atoms with van der Waals surface area (Å²) in [5, 5.41) is 5.03. The Kier molecular flexibility index (Phi) is 2.87. The van der Waals surface area contributed by atoms with Crippen molar-refractivity contribution in [3.63, 3.8) is 0 Å². The quantitative estimate of drug-likeness (QED) is 0.773. The zero-order valence-corrected chi connectivity index (χ0v) is 11.5. The molecule has 0 aliphatic heterocycles. The third kappa shape index (κ3) is 1.90. The third-order valence-electron chi connectivity index (χ3n) is 2.83. The van der Waals surface area contributed by atoms with Crippen molar-refractivity contribution in [1.82, 2.24) is 14.5 Å². The summed E-state index contributed by atoms with van der Waals surface area (Å²) in [4.78, 5) is 32.4. The average Bonchev–Trinajstić information content (AvgIpc) is 3.01. The molecule has 7 nitrogen and oxygen atoms in total. The number of nitrogens with zero attached hydrogens (tertiary/aromatic N) is 3. The molecule has 0 aromatic carbocycles. The first-order chi connectivity index (χ1) is 9.58. The number of hydrogen-bond acceptors (Lipinski definition) is 6. The van der Waals surface area contributed by atoms with E-state index < -0.39 is 5.91 Å². The van der Waals surface area contributed by atoms with E-state index >= 15 is 0 Å². The van der Waals surface area contributed by atoms with Crippen LogP contribution < -0.4 is 10.9 Å². The summed E-state index contributed by atoms with van der Waals surface area (Å²) in [5.41, 5.74) is 0.0370. The maximum absolute atomic E-state index is 12.3. The Morgan fingerprint density at radius 3 is 2.95 bits per heavy atom. The molecule has 3 rings (SSSR count). The van der Waals surface area contributed by atoms with Crippen LogP contribution in [-0.4, -0.2) is 20.4 Å². The highest BCUT2D eigenvalue weighted by Gasteiger charge is 2.22. The number of rotatable bonds is 2. The van der Waals surface area contributed by atoms with Gasteiger partial charge >= 0.3 is 0 Å². The molecule has 0 aliphatic carbocycles. The highest BCUT2D eigenvalue weighted by Crippen LogP contribution is 2.22. The lowest BCUT2D eigenvalue weighted by Gasteiger charge is -2.00. The van der Waals surface area contributed by atoms with Gasteiger partial charge in [0.2, 0.25) is 5.71 Å². The molecule has 0 atom stereocenters. The SMILES string of the molecule is Cc1oc2ncn(C)c(=O)c2c1C(=O)Nc1nccs1. The summed E-state index contributed by atoms with van der Waals surface area (Å²) >= 11 is 1.29. The molecule has 3 aromatic rings. The molecule has 0 saturated heterocycles. The molecule has 8 heteroatoms. The van der Waals surface area contributed by atoms with Gasteiger partial charge in [0.25, 0.3) is 11.5 Å². The maximum Gasteiger partial charge on any atom is 0.265 e. The van der Waals surface area contributed by atoms with Gasteiger partial charge in [-0.15, -0.1) is 11.3 Å². The summed E-state index contributed by atoms with van der Waals surface area (Å²) in [6, 6.07) is 0. The van der Waals surface area contributed by atoms with E-state index in [0.717, 1.165) is 0 Å². The monoisotopic (exact) mass is 290 g/mol. The van der Waals surface area contributed by atoms with Gasteiger partial charge in [-0.25, -0.2) is 9.97 Å². The summed E-state index contributed by atoms with van der Waals surface area (Å²) < 4.78 is 6.68. The topological polar surface area (TPSA) is 90.0 Å². The molecule has 3 aromatic heterocycles.